The number of hydrazine groups is 2. The van der Waals surface area contributed by atoms with Gasteiger partial charge in [-0.05, 0) is 19.8 Å². The molecule has 0 aromatic heterocycles. The molecular weight excluding hydrogens is 138 g/mol. The summed E-state index contributed by atoms with van der Waals surface area (Å²) in [7, 11) is 2.05. The van der Waals surface area contributed by atoms with Crippen molar-refractivity contribution in [1.82, 2.24) is 10.1 Å². The molecule has 0 amide bonds. The highest BCUT2D eigenvalue weighted by Crippen LogP contribution is 2.28. The monoisotopic (exact) mass is 157 g/mol. The first-order valence-corrected chi connectivity index (χ1v) is 4.36. The number of nitrogens with zero attached hydrogens (tertiary/aromatic N) is 2. The first-order valence-electron chi connectivity index (χ1n) is 4.36. The van der Waals surface area contributed by atoms with Crippen LogP contribution in [0.25, 0.3) is 0 Å². The van der Waals surface area contributed by atoms with Crippen molar-refractivity contribution in [3.63, 3.8) is 0 Å². The summed E-state index contributed by atoms with van der Waals surface area (Å²) in [6.45, 7) is 6.65. The minimum absolute atomic E-state index is 0.486. The highest BCUT2D eigenvalue weighted by Gasteiger charge is 2.37. The third-order valence-corrected chi connectivity index (χ3v) is 3.08. The summed E-state index contributed by atoms with van der Waals surface area (Å²) in [5, 5.41) is 3.97. The number of hydrogen-bond donors (Lipinski definition) is 1. The Bertz CT molecular complexity index is 123. The lowest BCUT2D eigenvalue weighted by Crippen LogP contribution is -2.44. The van der Waals surface area contributed by atoms with E-state index in [0.717, 1.165) is 0 Å². The maximum absolute atomic E-state index is 5.84. The molecule has 1 rings (SSSR count). The Morgan fingerprint density at radius 1 is 1.27 bits per heavy atom. The minimum Gasteiger partial charge on any atom is -0.255 e. The van der Waals surface area contributed by atoms with Crippen molar-refractivity contribution in [3.05, 3.63) is 0 Å². The summed E-state index contributed by atoms with van der Waals surface area (Å²) < 4.78 is 0. The van der Waals surface area contributed by atoms with E-state index in [1.54, 1.807) is 0 Å². The molecule has 1 fully saturated rings. The van der Waals surface area contributed by atoms with Crippen molar-refractivity contribution in [2.75, 3.05) is 7.05 Å². The Morgan fingerprint density at radius 3 is 2.00 bits per heavy atom. The van der Waals surface area contributed by atoms with Crippen LogP contribution in [0.1, 0.15) is 27.2 Å². The van der Waals surface area contributed by atoms with Gasteiger partial charge in [-0.15, -0.1) is 0 Å². The maximum Gasteiger partial charge on any atom is 0.0415 e. The molecule has 3 unspecified atom stereocenters. The Balaban J connectivity index is 2.69. The Labute approximate surface area is 69.1 Å². The molecule has 1 saturated heterocycles. The summed E-state index contributed by atoms with van der Waals surface area (Å²) >= 11 is 0. The highest BCUT2D eigenvalue weighted by atomic mass is 15.8. The van der Waals surface area contributed by atoms with Crippen molar-refractivity contribution in [1.29, 1.82) is 0 Å². The largest absolute Gasteiger partial charge is 0.255 e. The molecule has 0 bridgehead atoms. The average molecular weight is 157 g/mol. The summed E-state index contributed by atoms with van der Waals surface area (Å²) in [6, 6.07) is 1.07. The first kappa shape index (κ1) is 8.97. The molecular formula is C8H19N3. The molecule has 0 spiro atoms. The van der Waals surface area contributed by atoms with E-state index in [2.05, 4.69) is 32.8 Å². The first-order chi connectivity index (χ1) is 5.09. The molecule has 0 aliphatic carbocycles. The molecule has 66 valence electrons. The van der Waals surface area contributed by atoms with Gasteiger partial charge in [0.1, 0.15) is 0 Å². The van der Waals surface area contributed by atoms with Gasteiger partial charge in [0, 0.05) is 19.1 Å². The third kappa shape index (κ3) is 1.28. The molecule has 0 radical (unpaired) electrons. The van der Waals surface area contributed by atoms with Crippen LogP contribution in [0.5, 0.6) is 0 Å². The van der Waals surface area contributed by atoms with E-state index in [1.165, 1.54) is 6.42 Å². The smallest absolute Gasteiger partial charge is 0.0415 e. The summed E-state index contributed by atoms with van der Waals surface area (Å²) in [5.74, 6) is 6.55. The normalized spacial score (nSPS) is 41.7. The van der Waals surface area contributed by atoms with Gasteiger partial charge < -0.3 is 0 Å². The minimum atomic E-state index is 0.486. The molecule has 1 aliphatic rings. The molecule has 0 saturated carbocycles. The lowest BCUT2D eigenvalue weighted by atomic mass is 9.94. The van der Waals surface area contributed by atoms with Gasteiger partial charge in [-0.3, -0.25) is 5.84 Å². The van der Waals surface area contributed by atoms with Gasteiger partial charge in [0.2, 0.25) is 0 Å². The quantitative estimate of drug-likeness (QED) is 0.572. The molecule has 3 nitrogen and oxygen atoms in total. The SMILES string of the molecule is CCC1C(C)N(C)N(N)C1C. The second-order valence-electron chi connectivity index (χ2n) is 3.51. The molecule has 1 heterocycles. The Hall–Kier alpha value is -0.120. The van der Waals surface area contributed by atoms with Gasteiger partial charge in [0.15, 0.2) is 0 Å². The van der Waals surface area contributed by atoms with E-state index in [0.29, 0.717) is 18.0 Å². The number of hydrogen-bond acceptors (Lipinski definition) is 3. The van der Waals surface area contributed by atoms with Crippen LogP contribution in [0.2, 0.25) is 0 Å². The second kappa shape index (κ2) is 3.09. The zero-order valence-electron chi connectivity index (χ0n) is 7.91. The van der Waals surface area contributed by atoms with Crippen molar-refractivity contribution >= 4 is 0 Å². The van der Waals surface area contributed by atoms with E-state index >= 15 is 0 Å². The summed E-state index contributed by atoms with van der Waals surface area (Å²) in [4.78, 5) is 0. The lowest BCUT2D eigenvalue weighted by molar-refractivity contribution is 0.00575. The Morgan fingerprint density at radius 2 is 1.82 bits per heavy atom. The third-order valence-electron chi connectivity index (χ3n) is 3.08. The van der Waals surface area contributed by atoms with Crippen molar-refractivity contribution in [2.45, 2.75) is 39.3 Å². The topological polar surface area (TPSA) is 32.5 Å². The Kier molecular flexibility index (Phi) is 2.52. The fourth-order valence-electron chi connectivity index (χ4n) is 2.06. The van der Waals surface area contributed by atoms with Gasteiger partial charge in [-0.25, -0.2) is 5.01 Å². The van der Waals surface area contributed by atoms with Crippen molar-refractivity contribution < 1.29 is 0 Å². The van der Waals surface area contributed by atoms with E-state index in [-0.39, 0.29) is 0 Å². The average Bonchev–Trinajstić information content (AvgIpc) is 2.17. The standard InChI is InChI=1S/C8H19N3/c1-5-8-6(2)10(4)11(9)7(8)3/h6-8H,5,9H2,1-4H3. The summed E-state index contributed by atoms with van der Waals surface area (Å²) in [5.41, 5.74) is 0. The fourth-order valence-corrected chi connectivity index (χ4v) is 2.06. The highest BCUT2D eigenvalue weighted by molar-refractivity contribution is 4.85. The van der Waals surface area contributed by atoms with E-state index in [9.17, 15) is 0 Å². The lowest BCUT2D eigenvalue weighted by Gasteiger charge is -2.23. The predicted octanol–water partition coefficient (Wildman–Crippen LogP) is 0.826. The van der Waals surface area contributed by atoms with E-state index in [4.69, 9.17) is 5.84 Å². The zero-order valence-corrected chi connectivity index (χ0v) is 7.91. The van der Waals surface area contributed by atoms with Gasteiger partial charge >= 0.3 is 0 Å². The number of rotatable bonds is 1. The van der Waals surface area contributed by atoms with Crippen LogP contribution >= 0.6 is 0 Å². The van der Waals surface area contributed by atoms with Crippen LogP contribution in [-0.2, 0) is 0 Å². The van der Waals surface area contributed by atoms with E-state index < -0.39 is 0 Å². The molecule has 0 aromatic carbocycles. The van der Waals surface area contributed by atoms with Crippen molar-refractivity contribution in [2.24, 2.45) is 11.8 Å². The molecule has 2 N–H and O–H groups in total. The molecule has 0 aromatic rings. The summed E-state index contributed by atoms with van der Waals surface area (Å²) in [6.07, 6.45) is 1.21. The van der Waals surface area contributed by atoms with Crippen LogP contribution in [0.3, 0.4) is 0 Å². The van der Waals surface area contributed by atoms with Gasteiger partial charge in [0.05, 0.1) is 0 Å². The van der Waals surface area contributed by atoms with Crippen molar-refractivity contribution in [3.8, 4) is 0 Å². The predicted molar refractivity (Wildman–Crippen MR) is 46.5 cm³/mol. The van der Waals surface area contributed by atoms with Crippen LogP contribution in [0.15, 0.2) is 0 Å². The zero-order chi connectivity index (χ0) is 8.59. The van der Waals surface area contributed by atoms with Crippen LogP contribution < -0.4 is 5.84 Å². The molecule has 1 aliphatic heterocycles. The van der Waals surface area contributed by atoms with Gasteiger partial charge in [-0.1, -0.05) is 13.3 Å². The van der Waals surface area contributed by atoms with Crippen LogP contribution in [-0.4, -0.2) is 29.3 Å². The van der Waals surface area contributed by atoms with Crippen LogP contribution in [0, 0.1) is 5.92 Å². The van der Waals surface area contributed by atoms with Gasteiger partial charge in [0.25, 0.3) is 0 Å². The fraction of sp³-hybridized carbons (Fsp3) is 1.00. The van der Waals surface area contributed by atoms with Crippen LogP contribution in [0.4, 0.5) is 0 Å². The molecule has 3 heteroatoms. The molecule has 11 heavy (non-hydrogen) atoms. The number of nitrogens with two attached hydrogens (primary N) is 1. The second-order valence-corrected chi connectivity index (χ2v) is 3.51. The maximum atomic E-state index is 5.84. The van der Waals surface area contributed by atoms with Gasteiger partial charge in [-0.2, -0.15) is 5.12 Å². The molecule has 3 atom stereocenters. The van der Waals surface area contributed by atoms with E-state index in [1.807, 2.05) is 5.12 Å².